The topological polar surface area (TPSA) is 237 Å². The van der Waals surface area contributed by atoms with Gasteiger partial charge in [0.1, 0.15) is 46.4 Å². The van der Waals surface area contributed by atoms with Gasteiger partial charge >= 0.3 is 17.7 Å². The Balaban J connectivity index is 1.42. The number of aliphatic hydroxyl groups excluding tert-OH is 1. The number of methoxy groups -OCH3 is 1. The molecule has 5 aliphatic rings. The number of hydrogen-bond acceptors (Lipinski definition) is 17. The van der Waals surface area contributed by atoms with Crippen molar-refractivity contribution in [1.29, 1.82) is 0 Å². The number of carbonyl (C=O) groups is 4. The first-order valence-electron chi connectivity index (χ1n) is 25.2. The van der Waals surface area contributed by atoms with E-state index in [-0.39, 0.29) is 73.6 Å². The molecular weight excluding hydrogens is 1020 g/mol. The molecular formula is C55H69BrN4O14. The lowest BCUT2D eigenvalue weighted by Crippen LogP contribution is -2.47. The number of Topliss-reactive ketones (excluding diaryl/α,β-unsaturated/α-hetero) is 1. The first-order chi connectivity index (χ1) is 35.0. The van der Waals surface area contributed by atoms with Crippen LogP contribution < -0.4 is 20.4 Å². The third kappa shape index (κ3) is 11.2. The van der Waals surface area contributed by atoms with E-state index in [4.69, 9.17) is 33.1 Å². The van der Waals surface area contributed by atoms with Crippen LogP contribution in [0.3, 0.4) is 0 Å². The average Bonchev–Trinajstić information content (AvgIpc) is 3.62. The number of aromatic nitrogens is 1. The van der Waals surface area contributed by atoms with Crippen LogP contribution in [0.1, 0.15) is 91.1 Å². The van der Waals surface area contributed by atoms with Crippen LogP contribution >= 0.6 is 15.9 Å². The number of esters is 2. The van der Waals surface area contributed by atoms with Crippen LogP contribution in [0.25, 0.3) is 33.3 Å². The molecule has 1 aliphatic carbocycles. The quantitative estimate of drug-likeness (QED) is 0.0535. The van der Waals surface area contributed by atoms with Crippen molar-refractivity contribution in [3.05, 3.63) is 69.6 Å². The third-order valence-electron chi connectivity index (χ3n) is 14.5. The molecule has 7 rings (SSSR count). The van der Waals surface area contributed by atoms with Crippen molar-refractivity contribution in [2.75, 3.05) is 55.4 Å². The first kappa shape index (κ1) is 55.7. The zero-order valence-corrected chi connectivity index (χ0v) is 45.5. The van der Waals surface area contributed by atoms with E-state index in [1.54, 1.807) is 52.0 Å². The number of rotatable bonds is 9. The molecule has 0 radical (unpaired) electrons. The second kappa shape index (κ2) is 22.8. The fourth-order valence-corrected chi connectivity index (χ4v) is 10.7. The van der Waals surface area contributed by atoms with Gasteiger partial charge in [-0.15, -0.1) is 0 Å². The van der Waals surface area contributed by atoms with E-state index in [2.05, 4.69) is 44.9 Å². The number of amides is 1. The van der Waals surface area contributed by atoms with Crippen molar-refractivity contribution in [3.8, 4) is 28.7 Å². The third-order valence-corrected chi connectivity index (χ3v) is 15.1. The number of phenolic OH excluding ortho intramolecular Hbond substituents is 2. The Morgan fingerprint density at radius 3 is 2.31 bits per heavy atom. The monoisotopic (exact) mass is 1090 g/mol. The van der Waals surface area contributed by atoms with Gasteiger partial charge in [-0.1, -0.05) is 75.7 Å². The highest BCUT2D eigenvalue weighted by molar-refractivity contribution is 9.09. The minimum atomic E-state index is -2.10. The van der Waals surface area contributed by atoms with Gasteiger partial charge in [0.25, 0.3) is 11.7 Å². The number of ether oxygens (including phenoxy) is 5. The summed E-state index contributed by atoms with van der Waals surface area (Å²) in [6.45, 7) is 20.9. The SMILES string of the molecule is CO[C@H]1/C=C/O[C@@]2(C)Oc3c(C)c(O)c4c(=O)c(c5oc6cc(N7CCN(CC(C)C)CC7)cc(O)c6nc-5c4c3C2=O)NC(=O)/C(C)=C\C=C\[C@H](C)[C@H](OC(=O)CCCBr)[C@@H](C)[C@@H](O)[C@@H](C)[C@H](OC(C)=O)[C@@H]1C. The molecule has 4 aliphatic heterocycles. The van der Waals surface area contributed by atoms with Gasteiger partial charge < -0.3 is 53.6 Å². The Morgan fingerprint density at radius 1 is 0.973 bits per heavy atom. The zero-order valence-electron chi connectivity index (χ0n) is 43.9. The van der Waals surface area contributed by atoms with Gasteiger partial charge in [0.15, 0.2) is 11.3 Å². The Hall–Kier alpha value is -6.02. The summed E-state index contributed by atoms with van der Waals surface area (Å²) >= 11 is 3.36. The molecule has 4 N–H and O–H groups in total. The summed E-state index contributed by atoms with van der Waals surface area (Å²) in [4.78, 5) is 79.4. The summed E-state index contributed by atoms with van der Waals surface area (Å²) in [5.41, 5.74) is -0.745. The summed E-state index contributed by atoms with van der Waals surface area (Å²) in [7, 11) is 1.44. The lowest BCUT2D eigenvalue weighted by atomic mass is 9.78. The zero-order chi connectivity index (χ0) is 54.1. The normalized spacial score (nSPS) is 28.0. The number of allylic oxidation sites excluding steroid dienone is 2. The van der Waals surface area contributed by atoms with Crippen LogP contribution in [0.2, 0.25) is 0 Å². The fourth-order valence-electron chi connectivity index (χ4n) is 10.4. The van der Waals surface area contributed by atoms with E-state index in [0.717, 1.165) is 19.6 Å². The number of piperazine rings is 1. The molecule has 0 saturated carbocycles. The predicted octanol–water partition coefficient (Wildman–Crippen LogP) is 8.16. The van der Waals surface area contributed by atoms with Gasteiger partial charge in [-0.2, -0.15) is 0 Å². The van der Waals surface area contributed by atoms with E-state index in [1.165, 1.54) is 53.2 Å². The molecule has 1 saturated heterocycles. The summed E-state index contributed by atoms with van der Waals surface area (Å²) in [5, 5.41) is 38.5. The van der Waals surface area contributed by atoms with Crippen molar-refractivity contribution in [2.24, 2.45) is 29.6 Å². The van der Waals surface area contributed by atoms with Crippen LogP contribution in [0.4, 0.5) is 11.4 Å². The molecule has 2 aromatic carbocycles. The molecule has 4 heterocycles. The maximum atomic E-state index is 15.0. The number of benzene rings is 3. The number of hydrogen-bond donors (Lipinski definition) is 4. The minimum absolute atomic E-state index is 0.0161. The van der Waals surface area contributed by atoms with Gasteiger partial charge in [-0.05, 0) is 32.3 Å². The van der Waals surface area contributed by atoms with Gasteiger partial charge in [-0.25, -0.2) is 4.98 Å². The van der Waals surface area contributed by atoms with Crippen LogP contribution in [0, 0.1) is 36.5 Å². The second-order valence-electron chi connectivity index (χ2n) is 20.5. The lowest BCUT2D eigenvalue weighted by Gasteiger charge is -2.39. The predicted molar refractivity (Wildman–Crippen MR) is 283 cm³/mol. The summed E-state index contributed by atoms with van der Waals surface area (Å²) in [6, 6.07) is 3.28. The number of ketones is 1. The minimum Gasteiger partial charge on any atom is -0.507 e. The molecule has 1 amide bonds. The molecule has 74 heavy (non-hydrogen) atoms. The molecule has 1 fully saturated rings. The van der Waals surface area contributed by atoms with Crippen molar-refractivity contribution in [1.82, 2.24) is 9.88 Å². The molecule has 0 spiro atoms. The Morgan fingerprint density at radius 2 is 1.66 bits per heavy atom. The van der Waals surface area contributed by atoms with Gasteiger partial charge in [-0.3, -0.25) is 28.9 Å². The molecule has 0 unspecified atom stereocenters. The standard InChI is InChI=1S/C55H69BrN4O14/c1-27(2)26-59-19-21-60(22-20-59)35-24-36(62)43-38(25-35)72-52-44(57-43)40-41-47(65)33(8)51-42(40)53(67)55(10,74-51)70-23-17-37(69-11)30(5)50(71-34(9)61)32(7)46(64)31(6)49(73-39(63)16-13-18-56)28(3)14-12-15-29(4)54(68)58-45(52)48(41)66/h12,14-15,17,23-25,27-28,30-32,37,46,49-50,62,64-65H,13,16,18-22,26H2,1-11H3,(H,58,68)/b14-12+,23-17+,29-15-/t28-,30+,31-,32+,37-,46+,49-,50+,55-/m0/s1. The van der Waals surface area contributed by atoms with Gasteiger partial charge in [0, 0.05) is 123 Å². The van der Waals surface area contributed by atoms with E-state index >= 15 is 4.79 Å². The van der Waals surface area contributed by atoms with Crippen LogP contribution in [0.5, 0.6) is 17.2 Å². The number of nitrogens with one attached hydrogen (secondary N) is 1. The molecule has 0 aromatic heterocycles. The summed E-state index contributed by atoms with van der Waals surface area (Å²) in [6.07, 6.45) is 4.27. The number of nitrogens with zero attached hydrogens (tertiary/aromatic N) is 3. The lowest BCUT2D eigenvalue weighted by molar-refractivity contribution is -0.165. The Bertz CT molecular complexity index is 2920. The van der Waals surface area contributed by atoms with Crippen molar-refractivity contribution >= 4 is 72.8 Å². The van der Waals surface area contributed by atoms with Crippen LogP contribution in [0.15, 0.2) is 57.5 Å². The Kier molecular flexibility index (Phi) is 17.2. The van der Waals surface area contributed by atoms with Gasteiger partial charge in [0.05, 0.1) is 29.4 Å². The highest BCUT2D eigenvalue weighted by Gasteiger charge is 2.50. The number of carbonyl (C=O) groups excluding carboxylic acids is 4. The van der Waals surface area contributed by atoms with E-state index in [1.807, 2.05) is 0 Å². The highest BCUT2D eigenvalue weighted by atomic mass is 79.9. The molecule has 18 nitrogen and oxygen atoms in total. The number of phenols is 2. The number of aromatic hydroxyl groups is 2. The number of halogens is 1. The Labute approximate surface area is 439 Å². The fraction of sp³-hybridized carbons (Fsp3) is 0.527. The largest absolute Gasteiger partial charge is 0.507 e. The molecule has 400 valence electrons. The average molecular weight is 1090 g/mol. The highest BCUT2D eigenvalue weighted by Crippen LogP contribution is 2.51. The molecule has 9 atom stereocenters. The van der Waals surface area contributed by atoms with E-state index in [9.17, 15) is 34.5 Å². The van der Waals surface area contributed by atoms with E-state index < -0.39 is 88.7 Å². The molecule has 4 bridgehead atoms. The van der Waals surface area contributed by atoms with Crippen LogP contribution in [-0.4, -0.2) is 124 Å². The first-order valence-corrected chi connectivity index (χ1v) is 26.3. The molecule has 2 aromatic rings. The number of alkyl halides is 1. The summed E-state index contributed by atoms with van der Waals surface area (Å²) in [5.74, 6) is -8.00. The maximum absolute atomic E-state index is 15.0. The van der Waals surface area contributed by atoms with Crippen molar-refractivity contribution < 1.29 is 62.6 Å². The number of aliphatic hydroxyl groups is 1. The second-order valence-corrected chi connectivity index (χ2v) is 21.3. The molecule has 19 heteroatoms. The van der Waals surface area contributed by atoms with E-state index in [0.29, 0.717) is 36.4 Å². The van der Waals surface area contributed by atoms with Crippen molar-refractivity contribution in [3.63, 3.8) is 0 Å². The van der Waals surface area contributed by atoms with Crippen LogP contribution in [-0.2, 0) is 33.3 Å². The van der Waals surface area contributed by atoms with Crippen molar-refractivity contribution in [2.45, 2.75) is 112 Å². The van der Waals surface area contributed by atoms with Gasteiger partial charge in [0.2, 0.25) is 5.43 Å². The smallest absolute Gasteiger partial charge is 0.312 e. The summed E-state index contributed by atoms with van der Waals surface area (Å²) < 4.78 is 36.8. The maximum Gasteiger partial charge on any atom is 0.312 e. The number of anilines is 2. The number of fused-ring (bicyclic) bond motifs is 2.